The molecular weight excluding hydrogens is 338 g/mol. The molecule has 6 heteroatoms. The Labute approximate surface area is 153 Å². The maximum Gasteiger partial charge on any atom is 0.238 e. The molecule has 0 aliphatic carbocycles. The maximum atomic E-state index is 12.2. The molecule has 0 saturated carbocycles. The molecule has 0 saturated heterocycles. The van der Waals surface area contributed by atoms with Crippen LogP contribution in [0.25, 0.3) is 0 Å². The van der Waals surface area contributed by atoms with Crippen molar-refractivity contribution in [2.45, 2.75) is 6.04 Å². The van der Waals surface area contributed by atoms with Crippen molar-refractivity contribution in [3.8, 4) is 5.75 Å². The van der Waals surface area contributed by atoms with Gasteiger partial charge in [0.15, 0.2) is 0 Å². The summed E-state index contributed by atoms with van der Waals surface area (Å²) in [6, 6.07) is 15.5. The average molecular weight is 362 g/mol. The Morgan fingerprint density at radius 1 is 1.20 bits per heavy atom. The van der Waals surface area contributed by atoms with E-state index >= 15 is 0 Å². The van der Waals surface area contributed by atoms with Crippen LogP contribution in [0.3, 0.4) is 0 Å². The molecule has 25 heavy (non-hydrogen) atoms. The van der Waals surface area contributed by atoms with Crippen molar-refractivity contribution in [3.05, 3.63) is 59.1 Å². The second-order valence-electron chi connectivity index (χ2n) is 5.91. The molecule has 0 fully saturated rings. The minimum absolute atomic E-state index is 0.147. The van der Waals surface area contributed by atoms with E-state index in [0.717, 1.165) is 0 Å². The number of ether oxygens (including phenoxy) is 1. The number of hydrogen-bond donors (Lipinski definition) is 2. The Morgan fingerprint density at radius 3 is 2.56 bits per heavy atom. The maximum absolute atomic E-state index is 12.2. The fraction of sp³-hybridized carbons (Fsp3) is 0.316. The Balaban J connectivity index is 1.90. The Kier molecular flexibility index (Phi) is 7.25. The third kappa shape index (κ3) is 5.74. The second-order valence-corrected chi connectivity index (χ2v) is 6.35. The highest BCUT2D eigenvalue weighted by Crippen LogP contribution is 2.27. The van der Waals surface area contributed by atoms with Gasteiger partial charge in [0.2, 0.25) is 5.91 Å². The molecule has 0 aliphatic rings. The van der Waals surface area contributed by atoms with Crippen molar-refractivity contribution in [1.82, 2.24) is 10.2 Å². The van der Waals surface area contributed by atoms with Gasteiger partial charge in [0.1, 0.15) is 5.75 Å². The number of halogens is 1. The summed E-state index contributed by atoms with van der Waals surface area (Å²) in [5.74, 6) is 0.430. The first-order valence-electron chi connectivity index (χ1n) is 8.06. The van der Waals surface area contributed by atoms with Crippen LogP contribution < -0.4 is 15.4 Å². The number of carbonyl (C=O) groups excluding carboxylic acids is 1. The van der Waals surface area contributed by atoms with Crippen LogP contribution in [0.2, 0.25) is 5.02 Å². The minimum Gasteiger partial charge on any atom is -0.495 e. The number of benzene rings is 2. The molecule has 1 atom stereocenters. The molecule has 2 aromatic rings. The molecule has 0 aliphatic heterocycles. The van der Waals surface area contributed by atoms with Crippen LogP contribution in [0.5, 0.6) is 5.75 Å². The fourth-order valence-corrected chi connectivity index (χ4v) is 2.74. The van der Waals surface area contributed by atoms with E-state index in [1.165, 1.54) is 5.56 Å². The van der Waals surface area contributed by atoms with E-state index in [2.05, 4.69) is 27.7 Å². The fourth-order valence-electron chi connectivity index (χ4n) is 2.57. The number of likely N-dealkylation sites (N-methyl/N-ethyl adjacent to an activating group) is 1. The SMILES string of the molecule is COc1ccc(Cl)cc1NC(=O)CNC[C@@H](c1ccccc1)N(C)C. The normalized spacial score (nSPS) is 12.0. The Hall–Kier alpha value is -2.08. The predicted molar refractivity (Wildman–Crippen MR) is 102 cm³/mol. The number of carbonyl (C=O) groups is 1. The molecule has 5 nitrogen and oxygen atoms in total. The zero-order valence-electron chi connectivity index (χ0n) is 14.8. The van der Waals surface area contributed by atoms with Gasteiger partial charge in [-0.2, -0.15) is 0 Å². The topological polar surface area (TPSA) is 53.6 Å². The lowest BCUT2D eigenvalue weighted by atomic mass is 10.1. The zero-order valence-corrected chi connectivity index (χ0v) is 15.5. The van der Waals surface area contributed by atoms with Gasteiger partial charge in [0.25, 0.3) is 0 Å². The van der Waals surface area contributed by atoms with Crippen molar-refractivity contribution >= 4 is 23.2 Å². The first-order valence-corrected chi connectivity index (χ1v) is 8.44. The number of rotatable bonds is 8. The van der Waals surface area contributed by atoms with Crippen LogP contribution >= 0.6 is 11.6 Å². The molecule has 0 unspecified atom stereocenters. The molecule has 2 N–H and O–H groups in total. The number of nitrogens with zero attached hydrogens (tertiary/aromatic N) is 1. The van der Waals surface area contributed by atoms with Gasteiger partial charge in [-0.25, -0.2) is 0 Å². The summed E-state index contributed by atoms with van der Waals surface area (Å²) in [6.45, 7) is 0.865. The van der Waals surface area contributed by atoms with Crippen LogP contribution in [-0.4, -0.2) is 45.1 Å². The smallest absolute Gasteiger partial charge is 0.238 e. The average Bonchev–Trinajstić information content (AvgIpc) is 2.59. The van der Waals surface area contributed by atoms with E-state index < -0.39 is 0 Å². The minimum atomic E-state index is -0.147. The standard InChI is InChI=1S/C19H24ClN3O2/c1-23(2)17(14-7-5-4-6-8-14)12-21-13-19(24)22-16-11-15(20)9-10-18(16)25-3/h4-11,17,21H,12-13H2,1-3H3,(H,22,24)/t17-/m0/s1. The van der Waals surface area contributed by atoms with Gasteiger partial charge < -0.3 is 20.3 Å². The highest BCUT2D eigenvalue weighted by atomic mass is 35.5. The first-order chi connectivity index (χ1) is 12.0. The van der Waals surface area contributed by atoms with Crippen molar-refractivity contribution in [3.63, 3.8) is 0 Å². The summed E-state index contributed by atoms with van der Waals surface area (Å²) in [5, 5.41) is 6.57. The number of nitrogens with one attached hydrogen (secondary N) is 2. The summed E-state index contributed by atoms with van der Waals surface area (Å²) in [6.07, 6.45) is 0. The molecule has 0 radical (unpaired) electrons. The highest BCUT2D eigenvalue weighted by Gasteiger charge is 2.14. The van der Waals surface area contributed by atoms with E-state index in [1.54, 1.807) is 25.3 Å². The lowest BCUT2D eigenvalue weighted by molar-refractivity contribution is -0.115. The number of methoxy groups -OCH3 is 1. The molecule has 0 heterocycles. The molecule has 1 amide bonds. The summed E-state index contributed by atoms with van der Waals surface area (Å²) < 4.78 is 5.23. The summed E-state index contributed by atoms with van der Waals surface area (Å²) in [5.41, 5.74) is 1.77. The van der Waals surface area contributed by atoms with E-state index in [1.807, 2.05) is 32.3 Å². The van der Waals surface area contributed by atoms with Gasteiger partial charge in [-0.15, -0.1) is 0 Å². The van der Waals surface area contributed by atoms with Crippen molar-refractivity contribution in [1.29, 1.82) is 0 Å². The van der Waals surface area contributed by atoms with Crippen molar-refractivity contribution in [2.75, 3.05) is 39.6 Å². The van der Waals surface area contributed by atoms with Crippen molar-refractivity contribution in [2.24, 2.45) is 0 Å². The molecule has 2 aromatic carbocycles. The van der Waals surface area contributed by atoms with E-state index in [4.69, 9.17) is 16.3 Å². The summed E-state index contributed by atoms with van der Waals surface area (Å²) in [4.78, 5) is 14.3. The van der Waals surface area contributed by atoms with Gasteiger partial charge in [0, 0.05) is 17.6 Å². The first kappa shape index (κ1) is 19.2. The quantitative estimate of drug-likeness (QED) is 0.758. The van der Waals surface area contributed by atoms with Crippen LogP contribution in [0.15, 0.2) is 48.5 Å². The molecule has 134 valence electrons. The molecular formula is C19H24ClN3O2. The lowest BCUT2D eigenvalue weighted by Crippen LogP contribution is -2.35. The van der Waals surface area contributed by atoms with Gasteiger partial charge in [-0.1, -0.05) is 41.9 Å². The van der Waals surface area contributed by atoms with Crippen LogP contribution in [0.4, 0.5) is 5.69 Å². The van der Waals surface area contributed by atoms with Gasteiger partial charge in [0.05, 0.1) is 19.3 Å². The molecule has 0 spiro atoms. The summed E-state index contributed by atoms with van der Waals surface area (Å²) >= 11 is 5.98. The number of hydrogen-bond acceptors (Lipinski definition) is 4. The van der Waals surface area contributed by atoms with Gasteiger partial charge >= 0.3 is 0 Å². The predicted octanol–water partition coefficient (Wildman–Crippen LogP) is 3.18. The molecule has 2 rings (SSSR count). The third-order valence-corrected chi connectivity index (χ3v) is 4.10. The number of anilines is 1. The second kappa shape index (κ2) is 9.42. The number of amides is 1. The van der Waals surface area contributed by atoms with Crippen LogP contribution in [0.1, 0.15) is 11.6 Å². The van der Waals surface area contributed by atoms with Gasteiger partial charge in [-0.05, 0) is 37.9 Å². The third-order valence-electron chi connectivity index (χ3n) is 3.87. The van der Waals surface area contributed by atoms with Gasteiger partial charge in [-0.3, -0.25) is 4.79 Å². The van der Waals surface area contributed by atoms with E-state index in [0.29, 0.717) is 23.0 Å². The lowest BCUT2D eigenvalue weighted by Gasteiger charge is -2.25. The highest BCUT2D eigenvalue weighted by molar-refractivity contribution is 6.31. The van der Waals surface area contributed by atoms with Crippen LogP contribution in [0, 0.1) is 0 Å². The summed E-state index contributed by atoms with van der Waals surface area (Å²) in [7, 11) is 5.60. The molecule has 0 bridgehead atoms. The largest absolute Gasteiger partial charge is 0.495 e. The molecule has 0 aromatic heterocycles. The van der Waals surface area contributed by atoms with E-state index in [-0.39, 0.29) is 18.5 Å². The van der Waals surface area contributed by atoms with Crippen molar-refractivity contribution < 1.29 is 9.53 Å². The monoisotopic (exact) mass is 361 g/mol. The van der Waals surface area contributed by atoms with E-state index in [9.17, 15) is 4.79 Å². The Morgan fingerprint density at radius 2 is 1.92 bits per heavy atom. The zero-order chi connectivity index (χ0) is 18.2. The Bertz CT molecular complexity index is 692. The van der Waals surface area contributed by atoms with Crippen LogP contribution in [-0.2, 0) is 4.79 Å².